The topological polar surface area (TPSA) is 12.0 Å². The van der Waals surface area contributed by atoms with Gasteiger partial charge in [-0.3, -0.25) is 0 Å². The Kier molecular flexibility index (Phi) is 2.74. The van der Waals surface area contributed by atoms with Crippen molar-refractivity contribution in [1.82, 2.24) is 5.32 Å². The molecule has 0 unspecified atom stereocenters. The molecule has 1 nitrogen and oxygen atoms in total. The lowest BCUT2D eigenvalue weighted by Crippen LogP contribution is -2.23. The fourth-order valence-corrected chi connectivity index (χ4v) is 2.17. The molecule has 0 heterocycles. The highest BCUT2D eigenvalue weighted by Crippen LogP contribution is 2.47. The Morgan fingerprint density at radius 1 is 1.25 bits per heavy atom. The summed E-state index contributed by atoms with van der Waals surface area (Å²) in [5, 5.41) is 3.17. The van der Waals surface area contributed by atoms with Crippen LogP contribution in [0.25, 0.3) is 0 Å². The van der Waals surface area contributed by atoms with E-state index < -0.39 is 5.92 Å². The van der Waals surface area contributed by atoms with E-state index in [4.69, 9.17) is 0 Å². The van der Waals surface area contributed by atoms with Crippen molar-refractivity contribution in [3.05, 3.63) is 35.4 Å². The van der Waals surface area contributed by atoms with Crippen molar-refractivity contribution in [2.45, 2.75) is 31.1 Å². The summed E-state index contributed by atoms with van der Waals surface area (Å²) in [6.07, 6.45) is 2.30. The maximum Gasteiger partial charge on any atom is 0.270 e. The highest BCUT2D eigenvalue weighted by atomic mass is 19.3. The lowest BCUT2D eigenvalue weighted by molar-refractivity contribution is 0.0174. The van der Waals surface area contributed by atoms with Crippen molar-refractivity contribution in [2.75, 3.05) is 13.6 Å². The molecule has 0 spiro atoms. The second-order valence-corrected chi connectivity index (χ2v) is 4.78. The maximum atomic E-state index is 13.0. The van der Waals surface area contributed by atoms with Gasteiger partial charge in [0.05, 0.1) is 0 Å². The molecule has 1 aliphatic rings. The van der Waals surface area contributed by atoms with Gasteiger partial charge in [-0.05, 0) is 25.5 Å². The third-order valence-corrected chi connectivity index (χ3v) is 3.37. The second-order valence-electron chi connectivity index (χ2n) is 4.78. The first-order valence-corrected chi connectivity index (χ1v) is 5.61. The molecule has 0 amide bonds. The second kappa shape index (κ2) is 3.81. The van der Waals surface area contributed by atoms with E-state index in [1.54, 1.807) is 12.1 Å². The van der Waals surface area contributed by atoms with Crippen LogP contribution in [0.5, 0.6) is 0 Å². The van der Waals surface area contributed by atoms with Crippen molar-refractivity contribution in [3.63, 3.8) is 0 Å². The summed E-state index contributed by atoms with van der Waals surface area (Å²) in [7, 11) is 1.93. The standard InChI is InChI=1S/C13H17F2N/c1-12(14,15)10-3-5-11(6-4-10)13(7-8-13)9-16-2/h3-6,16H,7-9H2,1-2H3. The number of alkyl halides is 2. The summed E-state index contributed by atoms with van der Waals surface area (Å²) in [6.45, 7) is 1.86. The number of likely N-dealkylation sites (N-methyl/N-ethyl adjacent to an activating group) is 1. The molecule has 16 heavy (non-hydrogen) atoms. The Morgan fingerprint density at radius 3 is 2.19 bits per heavy atom. The average Bonchev–Trinajstić information content (AvgIpc) is 2.99. The van der Waals surface area contributed by atoms with Gasteiger partial charge in [-0.25, -0.2) is 8.78 Å². The van der Waals surface area contributed by atoms with Gasteiger partial charge in [0.1, 0.15) is 0 Å². The van der Waals surface area contributed by atoms with Gasteiger partial charge in [0.2, 0.25) is 0 Å². The summed E-state index contributed by atoms with van der Waals surface area (Å²) < 4.78 is 26.1. The lowest BCUT2D eigenvalue weighted by atomic mass is 9.94. The molecule has 0 bridgehead atoms. The van der Waals surface area contributed by atoms with E-state index >= 15 is 0 Å². The van der Waals surface area contributed by atoms with Gasteiger partial charge < -0.3 is 5.32 Å². The molecule has 0 aromatic heterocycles. The third-order valence-electron chi connectivity index (χ3n) is 3.37. The smallest absolute Gasteiger partial charge is 0.270 e. The van der Waals surface area contributed by atoms with Crippen molar-refractivity contribution < 1.29 is 8.78 Å². The molecule has 2 rings (SSSR count). The number of benzene rings is 1. The molecule has 1 aromatic rings. The highest BCUT2D eigenvalue weighted by molar-refractivity contribution is 5.35. The molecule has 3 heteroatoms. The number of halogens is 2. The summed E-state index contributed by atoms with van der Waals surface area (Å²) in [5.41, 5.74) is 1.47. The van der Waals surface area contributed by atoms with Crippen molar-refractivity contribution in [2.24, 2.45) is 0 Å². The molecule has 1 aromatic carbocycles. The van der Waals surface area contributed by atoms with E-state index in [-0.39, 0.29) is 11.0 Å². The molecule has 0 atom stereocenters. The van der Waals surface area contributed by atoms with Gasteiger partial charge >= 0.3 is 0 Å². The number of hydrogen-bond acceptors (Lipinski definition) is 1. The monoisotopic (exact) mass is 225 g/mol. The number of hydrogen-bond donors (Lipinski definition) is 1. The van der Waals surface area contributed by atoms with E-state index in [1.165, 1.54) is 5.56 Å². The van der Waals surface area contributed by atoms with Crippen LogP contribution >= 0.6 is 0 Å². The molecule has 0 aliphatic heterocycles. The van der Waals surface area contributed by atoms with E-state index in [1.807, 2.05) is 19.2 Å². The third kappa shape index (κ3) is 2.09. The van der Waals surface area contributed by atoms with Crippen LogP contribution in [0.15, 0.2) is 24.3 Å². The molecular formula is C13H17F2N. The van der Waals surface area contributed by atoms with Crippen LogP contribution in [0, 0.1) is 0 Å². The van der Waals surface area contributed by atoms with E-state index in [0.29, 0.717) is 0 Å². The van der Waals surface area contributed by atoms with Crippen LogP contribution in [0.3, 0.4) is 0 Å². The quantitative estimate of drug-likeness (QED) is 0.830. The van der Waals surface area contributed by atoms with Crippen LogP contribution in [0.4, 0.5) is 8.78 Å². The average molecular weight is 225 g/mol. The SMILES string of the molecule is CNCC1(c2ccc(C(C)(F)F)cc2)CC1. The van der Waals surface area contributed by atoms with Crippen LogP contribution in [0.1, 0.15) is 30.9 Å². The predicted octanol–water partition coefficient (Wildman–Crippen LogP) is 3.05. The van der Waals surface area contributed by atoms with Crippen LogP contribution in [-0.2, 0) is 11.3 Å². The normalized spacial score (nSPS) is 18.5. The number of rotatable bonds is 4. The lowest BCUT2D eigenvalue weighted by Gasteiger charge is -2.17. The summed E-state index contributed by atoms with van der Waals surface area (Å²) in [5.74, 6) is -2.74. The first-order chi connectivity index (χ1) is 7.48. The minimum Gasteiger partial charge on any atom is -0.319 e. The van der Waals surface area contributed by atoms with E-state index in [9.17, 15) is 8.78 Å². The van der Waals surface area contributed by atoms with Crippen LogP contribution in [0.2, 0.25) is 0 Å². The Labute approximate surface area is 94.9 Å². The zero-order valence-corrected chi connectivity index (χ0v) is 9.69. The summed E-state index contributed by atoms with van der Waals surface area (Å²) >= 11 is 0. The van der Waals surface area contributed by atoms with Crippen molar-refractivity contribution >= 4 is 0 Å². The molecule has 1 fully saturated rings. The summed E-state index contributed by atoms with van der Waals surface area (Å²) in [6, 6.07) is 6.78. The van der Waals surface area contributed by atoms with Gasteiger partial charge in [0.25, 0.3) is 5.92 Å². The number of nitrogens with one attached hydrogen (secondary N) is 1. The molecule has 1 aliphatic carbocycles. The Bertz CT molecular complexity index is 361. The predicted molar refractivity (Wildman–Crippen MR) is 60.8 cm³/mol. The van der Waals surface area contributed by atoms with Gasteiger partial charge in [-0.2, -0.15) is 0 Å². The van der Waals surface area contributed by atoms with Crippen LogP contribution < -0.4 is 5.32 Å². The minimum atomic E-state index is -2.74. The fraction of sp³-hybridized carbons (Fsp3) is 0.538. The zero-order chi connectivity index (χ0) is 11.8. The van der Waals surface area contributed by atoms with Gasteiger partial charge in [-0.1, -0.05) is 24.3 Å². The first-order valence-electron chi connectivity index (χ1n) is 5.61. The molecule has 0 saturated heterocycles. The van der Waals surface area contributed by atoms with E-state index in [0.717, 1.165) is 26.3 Å². The minimum absolute atomic E-state index is 0.0940. The van der Waals surface area contributed by atoms with Gasteiger partial charge in [0, 0.05) is 24.4 Å². The molecule has 1 N–H and O–H groups in total. The molecular weight excluding hydrogens is 208 g/mol. The molecule has 0 radical (unpaired) electrons. The fourth-order valence-electron chi connectivity index (χ4n) is 2.17. The van der Waals surface area contributed by atoms with Crippen LogP contribution in [-0.4, -0.2) is 13.6 Å². The highest BCUT2D eigenvalue weighted by Gasteiger charge is 2.43. The Hall–Kier alpha value is -0.960. The van der Waals surface area contributed by atoms with Gasteiger partial charge in [0.15, 0.2) is 0 Å². The Morgan fingerprint density at radius 2 is 1.81 bits per heavy atom. The zero-order valence-electron chi connectivity index (χ0n) is 9.69. The van der Waals surface area contributed by atoms with Gasteiger partial charge in [-0.15, -0.1) is 0 Å². The van der Waals surface area contributed by atoms with Crippen molar-refractivity contribution in [3.8, 4) is 0 Å². The largest absolute Gasteiger partial charge is 0.319 e. The first kappa shape index (κ1) is 11.5. The summed E-state index contributed by atoms with van der Waals surface area (Å²) in [4.78, 5) is 0. The Balaban J connectivity index is 2.20. The van der Waals surface area contributed by atoms with Crippen molar-refractivity contribution in [1.29, 1.82) is 0 Å². The molecule has 1 saturated carbocycles. The van der Waals surface area contributed by atoms with E-state index in [2.05, 4.69) is 5.32 Å². The maximum absolute atomic E-state index is 13.0. The molecule has 88 valence electrons.